The van der Waals surface area contributed by atoms with E-state index in [1.165, 1.54) is 11.8 Å². The Bertz CT molecular complexity index is 735. The maximum absolute atomic E-state index is 12.9. The summed E-state index contributed by atoms with van der Waals surface area (Å²) in [6.07, 6.45) is 3.14. The molecule has 1 aromatic heterocycles. The zero-order valence-electron chi connectivity index (χ0n) is 14.9. The minimum Gasteiger partial charge on any atom is -0.378 e. The molecule has 4 heterocycles. The van der Waals surface area contributed by atoms with Crippen molar-refractivity contribution in [3.63, 3.8) is 0 Å². The van der Waals surface area contributed by atoms with Gasteiger partial charge in [-0.1, -0.05) is 6.08 Å². The molecule has 3 aliphatic heterocycles. The summed E-state index contributed by atoms with van der Waals surface area (Å²) in [5.41, 5.74) is 0.534. The Labute approximate surface area is 156 Å². The van der Waals surface area contributed by atoms with Crippen LogP contribution in [0.3, 0.4) is 0 Å². The first-order valence-electron chi connectivity index (χ1n) is 9.27. The fraction of sp³-hybridized carbons (Fsp3) is 0.526. The highest BCUT2D eigenvalue weighted by Gasteiger charge is 2.32. The Balaban J connectivity index is 1.39. The topological polar surface area (TPSA) is 49.4 Å². The highest BCUT2D eigenvalue weighted by Crippen LogP contribution is 2.31. The Hall–Kier alpha value is -2.06. The number of hydrogen-bond acceptors (Lipinski definition) is 5. The first-order chi connectivity index (χ1) is 13.0. The van der Waals surface area contributed by atoms with Gasteiger partial charge in [0.1, 0.15) is 11.6 Å². The molecule has 146 valence electrons. The Morgan fingerprint density at radius 2 is 2.00 bits per heavy atom. The number of dihydropyridines is 1. The molecule has 3 aliphatic rings. The first kappa shape index (κ1) is 18.3. The van der Waals surface area contributed by atoms with E-state index in [0.717, 1.165) is 51.3 Å². The van der Waals surface area contributed by atoms with Crippen LogP contribution in [0, 0.1) is 5.92 Å². The second kappa shape index (κ2) is 7.52. The van der Waals surface area contributed by atoms with Crippen molar-refractivity contribution in [3.05, 3.63) is 47.4 Å². The van der Waals surface area contributed by atoms with Crippen LogP contribution in [0.2, 0.25) is 0 Å². The summed E-state index contributed by atoms with van der Waals surface area (Å²) >= 11 is 0. The van der Waals surface area contributed by atoms with Gasteiger partial charge >= 0.3 is 6.18 Å². The van der Waals surface area contributed by atoms with Gasteiger partial charge in [0.2, 0.25) is 0 Å². The van der Waals surface area contributed by atoms with Crippen molar-refractivity contribution in [1.82, 2.24) is 15.2 Å². The van der Waals surface area contributed by atoms with Crippen LogP contribution in [0.4, 0.5) is 19.0 Å². The first-order valence-corrected chi connectivity index (χ1v) is 9.27. The highest BCUT2D eigenvalue weighted by molar-refractivity contribution is 5.46. The van der Waals surface area contributed by atoms with Crippen molar-refractivity contribution in [1.29, 1.82) is 0 Å². The Morgan fingerprint density at radius 1 is 1.22 bits per heavy atom. The summed E-state index contributed by atoms with van der Waals surface area (Å²) in [4.78, 5) is 6.50. The van der Waals surface area contributed by atoms with Gasteiger partial charge in [0.25, 0.3) is 0 Å². The van der Waals surface area contributed by atoms with Gasteiger partial charge in [0.15, 0.2) is 0 Å². The van der Waals surface area contributed by atoms with Gasteiger partial charge in [0, 0.05) is 12.7 Å². The van der Waals surface area contributed by atoms with E-state index < -0.39 is 11.7 Å². The number of nitrogens with one attached hydrogen (secondary N) is 2. The molecule has 5 nitrogen and oxygen atoms in total. The lowest BCUT2D eigenvalue weighted by Gasteiger charge is -2.41. The number of nitrogens with zero attached hydrogens (tertiary/aromatic N) is 2. The molecule has 0 amide bonds. The zero-order valence-corrected chi connectivity index (χ0v) is 14.9. The number of halogens is 3. The Morgan fingerprint density at radius 3 is 2.67 bits per heavy atom. The lowest BCUT2D eigenvalue weighted by atomic mass is 9.87. The van der Waals surface area contributed by atoms with Gasteiger partial charge in [-0.3, -0.25) is 4.90 Å². The number of ether oxygens (including phenoxy) is 1. The lowest BCUT2D eigenvalue weighted by Crippen LogP contribution is -2.51. The van der Waals surface area contributed by atoms with Crippen LogP contribution in [0.15, 0.2) is 41.9 Å². The summed E-state index contributed by atoms with van der Waals surface area (Å²) in [6.45, 7) is 4.47. The molecule has 8 heteroatoms. The van der Waals surface area contributed by atoms with E-state index in [9.17, 15) is 13.2 Å². The van der Waals surface area contributed by atoms with Crippen LogP contribution < -0.4 is 10.6 Å². The maximum atomic E-state index is 12.9. The minimum atomic E-state index is -4.38. The normalized spacial score (nSPS) is 22.5. The smallest absolute Gasteiger partial charge is 0.378 e. The number of piperidine rings is 1. The van der Waals surface area contributed by atoms with Gasteiger partial charge in [-0.2, -0.15) is 13.2 Å². The van der Waals surface area contributed by atoms with E-state index in [2.05, 4.69) is 26.6 Å². The maximum Gasteiger partial charge on any atom is 0.416 e. The molecule has 0 saturated carbocycles. The van der Waals surface area contributed by atoms with E-state index in [-0.39, 0.29) is 5.82 Å². The van der Waals surface area contributed by atoms with Crippen molar-refractivity contribution in [3.8, 4) is 0 Å². The average Bonchev–Trinajstić information content (AvgIpc) is 2.61. The third kappa shape index (κ3) is 4.27. The third-order valence-electron chi connectivity index (χ3n) is 5.43. The fourth-order valence-electron chi connectivity index (χ4n) is 3.77. The number of hydrogen-bond donors (Lipinski definition) is 2. The van der Waals surface area contributed by atoms with Gasteiger partial charge < -0.3 is 15.4 Å². The molecule has 4 rings (SSSR count). The van der Waals surface area contributed by atoms with E-state index in [4.69, 9.17) is 4.74 Å². The number of alkyl halides is 3. The summed E-state index contributed by atoms with van der Waals surface area (Å²) in [6, 6.07) is 2.58. The standard InChI is InChI=1S/C19H23F3N4O/c20-19(21,22)15-2-6-24-18(10-15)25-17-9-14(1-5-23-17)13-3-7-26(8-4-13)16-11-27-12-16/h1-2,6,9-10,13,16,23H,3-5,7-8,11-12H2,(H,24,25). The molecule has 0 unspecified atom stereocenters. The summed E-state index contributed by atoms with van der Waals surface area (Å²) in [5.74, 6) is 1.36. The van der Waals surface area contributed by atoms with Gasteiger partial charge in [0.05, 0.1) is 24.8 Å². The number of anilines is 1. The summed E-state index contributed by atoms with van der Waals surface area (Å²) in [5, 5.41) is 6.14. The molecule has 2 N–H and O–H groups in total. The largest absolute Gasteiger partial charge is 0.416 e. The molecular formula is C19H23F3N4O. The zero-order chi connectivity index (χ0) is 18.9. The average molecular weight is 380 g/mol. The monoisotopic (exact) mass is 380 g/mol. The number of allylic oxidation sites excluding steroid dienone is 2. The quantitative estimate of drug-likeness (QED) is 0.841. The van der Waals surface area contributed by atoms with Crippen LogP contribution in [0.25, 0.3) is 0 Å². The van der Waals surface area contributed by atoms with Crippen molar-refractivity contribution in [2.24, 2.45) is 5.92 Å². The number of rotatable bonds is 4. The van der Waals surface area contributed by atoms with Crippen molar-refractivity contribution < 1.29 is 17.9 Å². The second-order valence-corrected chi connectivity index (χ2v) is 7.20. The molecule has 2 saturated heterocycles. The minimum absolute atomic E-state index is 0.185. The van der Waals surface area contributed by atoms with Crippen LogP contribution in [0.1, 0.15) is 18.4 Å². The fourth-order valence-corrected chi connectivity index (χ4v) is 3.77. The summed E-state index contributed by atoms with van der Waals surface area (Å²) in [7, 11) is 0. The second-order valence-electron chi connectivity index (χ2n) is 7.20. The molecule has 27 heavy (non-hydrogen) atoms. The Kier molecular flexibility index (Phi) is 5.10. The number of pyridine rings is 1. The van der Waals surface area contributed by atoms with Gasteiger partial charge in [-0.15, -0.1) is 0 Å². The van der Waals surface area contributed by atoms with Crippen molar-refractivity contribution >= 4 is 5.82 Å². The number of likely N-dealkylation sites (tertiary alicyclic amines) is 1. The van der Waals surface area contributed by atoms with Crippen LogP contribution >= 0.6 is 0 Å². The molecule has 0 bridgehead atoms. The van der Waals surface area contributed by atoms with E-state index in [0.29, 0.717) is 24.3 Å². The summed E-state index contributed by atoms with van der Waals surface area (Å²) < 4.78 is 43.9. The molecule has 0 radical (unpaired) electrons. The molecular weight excluding hydrogens is 357 g/mol. The van der Waals surface area contributed by atoms with Gasteiger partial charge in [-0.05, 0) is 55.6 Å². The van der Waals surface area contributed by atoms with Crippen LogP contribution in [0.5, 0.6) is 0 Å². The van der Waals surface area contributed by atoms with Crippen molar-refractivity contribution in [2.75, 3.05) is 38.2 Å². The highest BCUT2D eigenvalue weighted by atomic mass is 19.4. The molecule has 0 atom stereocenters. The molecule has 0 spiro atoms. The number of aromatic nitrogens is 1. The molecule has 0 aliphatic carbocycles. The predicted molar refractivity (Wildman–Crippen MR) is 95.9 cm³/mol. The predicted octanol–water partition coefficient (Wildman–Crippen LogP) is 2.99. The van der Waals surface area contributed by atoms with E-state index in [1.54, 1.807) is 0 Å². The van der Waals surface area contributed by atoms with Crippen LogP contribution in [-0.4, -0.2) is 48.8 Å². The molecule has 0 aromatic carbocycles. The molecule has 2 fully saturated rings. The van der Waals surface area contributed by atoms with E-state index in [1.807, 2.05) is 6.08 Å². The lowest BCUT2D eigenvalue weighted by molar-refractivity contribution is -0.137. The molecule has 1 aromatic rings. The third-order valence-corrected chi connectivity index (χ3v) is 5.43. The van der Waals surface area contributed by atoms with Crippen molar-refractivity contribution in [2.45, 2.75) is 25.1 Å². The van der Waals surface area contributed by atoms with E-state index >= 15 is 0 Å². The van der Waals surface area contributed by atoms with Gasteiger partial charge in [-0.25, -0.2) is 4.98 Å². The SMILES string of the molecule is FC(F)(F)c1ccnc(NC2=CC(C3CCN(C4COC4)CC3)=CCN2)c1. The van der Waals surface area contributed by atoms with Crippen LogP contribution in [-0.2, 0) is 10.9 Å².